The van der Waals surface area contributed by atoms with E-state index >= 15 is 0 Å². The normalized spacial score (nSPS) is 23.3. The number of hydrogen-bond acceptors (Lipinski definition) is 4. The summed E-state index contributed by atoms with van der Waals surface area (Å²) in [6, 6.07) is 0.454. The third kappa shape index (κ3) is 4.05. The van der Waals surface area contributed by atoms with Gasteiger partial charge in [-0.15, -0.1) is 0 Å². The van der Waals surface area contributed by atoms with Gasteiger partial charge in [0.2, 0.25) is 5.89 Å². The molecule has 2 atom stereocenters. The minimum absolute atomic E-state index is 0.237. The monoisotopic (exact) mass is 266 g/mol. The molecule has 0 aliphatic carbocycles. The number of likely N-dealkylation sites (tertiary alicyclic amines) is 1. The van der Waals surface area contributed by atoms with Crippen LogP contribution in [-0.2, 0) is 6.54 Å². The minimum Gasteiger partial charge on any atom is -0.444 e. The average molecular weight is 266 g/mol. The van der Waals surface area contributed by atoms with Crippen molar-refractivity contribution in [2.75, 3.05) is 6.54 Å². The molecular weight excluding hydrogens is 240 g/mol. The molecule has 1 N–H and O–H groups in total. The Labute approximate surface area is 115 Å². The van der Waals surface area contributed by atoms with Crippen LogP contribution < -0.4 is 0 Å². The van der Waals surface area contributed by atoms with E-state index in [0.717, 1.165) is 36.9 Å². The Bertz CT molecular complexity index is 381. The largest absolute Gasteiger partial charge is 0.444 e. The summed E-state index contributed by atoms with van der Waals surface area (Å²) in [6.45, 7) is 7.67. The molecule has 19 heavy (non-hydrogen) atoms. The maximum absolute atomic E-state index is 9.66. The zero-order valence-electron chi connectivity index (χ0n) is 12.4. The Morgan fingerprint density at radius 2 is 2.16 bits per heavy atom. The molecule has 0 radical (unpaired) electrons. The van der Waals surface area contributed by atoms with Gasteiger partial charge in [-0.2, -0.15) is 0 Å². The van der Waals surface area contributed by atoms with E-state index in [1.165, 1.54) is 25.7 Å². The van der Waals surface area contributed by atoms with Crippen molar-refractivity contribution in [2.45, 2.75) is 71.6 Å². The third-order valence-electron chi connectivity index (χ3n) is 4.02. The van der Waals surface area contributed by atoms with E-state index in [0.29, 0.717) is 6.04 Å². The lowest BCUT2D eigenvalue weighted by Gasteiger charge is -2.29. The predicted molar refractivity (Wildman–Crippen MR) is 74.9 cm³/mol. The third-order valence-corrected chi connectivity index (χ3v) is 4.02. The molecule has 1 aromatic rings. The number of aliphatic hydroxyl groups excluding tert-OH is 1. The summed E-state index contributed by atoms with van der Waals surface area (Å²) in [7, 11) is 0. The lowest BCUT2D eigenvalue weighted by atomic mass is 10.0. The number of aryl methyl sites for hydroxylation is 2. The van der Waals surface area contributed by atoms with Crippen LogP contribution in [0.3, 0.4) is 0 Å². The number of nitrogens with zero attached hydrogens (tertiary/aromatic N) is 2. The molecule has 1 aromatic heterocycles. The maximum atomic E-state index is 9.66. The van der Waals surface area contributed by atoms with E-state index in [2.05, 4.69) is 9.88 Å². The molecule has 0 saturated carbocycles. The molecule has 4 heteroatoms. The van der Waals surface area contributed by atoms with Gasteiger partial charge in [0, 0.05) is 6.04 Å². The first-order valence-electron chi connectivity index (χ1n) is 7.41. The smallest absolute Gasteiger partial charge is 0.208 e. The standard InChI is InChI=1S/C15H26N2O2/c1-11(18)9-14-7-5-4-6-8-17(14)10-15-16-12(2)13(3)19-15/h11,14,18H,4-10H2,1-3H3. The molecule has 0 spiro atoms. The summed E-state index contributed by atoms with van der Waals surface area (Å²) in [5.74, 6) is 1.73. The van der Waals surface area contributed by atoms with Crippen LogP contribution in [0.15, 0.2) is 4.42 Å². The van der Waals surface area contributed by atoms with Gasteiger partial charge in [0.05, 0.1) is 18.3 Å². The fourth-order valence-corrected chi connectivity index (χ4v) is 2.89. The van der Waals surface area contributed by atoms with Crippen molar-refractivity contribution in [3.8, 4) is 0 Å². The van der Waals surface area contributed by atoms with Gasteiger partial charge in [-0.1, -0.05) is 12.8 Å². The van der Waals surface area contributed by atoms with Gasteiger partial charge in [0.1, 0.15) is 5.76 Å². The van der Waals surface area contributed by atoms with Gasteiger partial charge in [-0.05, 0) is 46.6 Å². The van der Waals surface area contributed by atoms with Gasteiger partial charge >= 0.3 is 0 Å². The van der Waals surface area contributed by atoms with Gasteiger partial charge < -0.3 is 9.52 Å². The fourth-order valence-electron chi connectivity index (χ4n) is 2.89. The Morgan fingerprint density at radius 1 is 1.37 bits per heavy atom. The molecule has 1 aliphatic rings. The molecule has 2 rings (SSSR count). The van der Waals surface area contributed by atoms with Crippen LogP contribution in [0.5, 0.6) is 0 Å². The van der Waals surface area contributed by atoms with Crippen LogP contribution in [0.1, 0.15) is 56.4 Å². The van der Waals surface area contributed by atoms with Crippen LogP contribution >= 0.6 is 0 Å². The van der Waals surface area contributed by atoms with E-state index < -0.39 is 0 Å². The highest BCUT2D eigenvalue weighted by Gasteiger charge is 2.24. The Morgan fingerprint density at radius 3 is 2.79 bits per heavy atom. The van der Waals surface area contributed by atoms with Gasteiger partial charge in [-0.25, -0.2) is 4.98 Å². The molecule has 0 bridgehead atoms. The Balaban J connectivity index is 2.04. The second kappa shape index (κ2) is 6.53. The molecular formula is C15H26N2O2. The SMILES string of the molecule is Cc1nc(CN2CCCCCC2CC(C)O)oc1C. The topological polar surface area (TPSA) is 49.5 Å². The Kier molecular flexibility index (Phi) is 4.99. The molecule has 0 aromatic carbocycles. The summed E-state index contributed by atoms with van der Waals surface area (Å²) < 4.78 is 5.70. The summed E-state index contributed by atoms with van der Waals surface area (Å²) in [6.07, 6.45) is 5.56. The second-order valence-corrected chi connectivity index (χ2v) is 5.81. The number of hydrogen-bond donors (Lipinski definition) is 1. The molecule has 0 amide bonds. The summed E-state index contributed by atoms with van der Waals surface area (Å²) in [4.78, 5) is 6.91. The van der Waals surface area contributed by atoms with Crippen molar-refractivity contribution >= 4 is 0 Å². The van der Waals surface area contributed by atoms with Gasteiger partial charge in [0.15, 0.2) is 0 Å². The quantitative estimate of drug-likeness (QED) is 0.910. The molecule has 2 heterocycles. The van der Waals surface area contributed by atoms with Crippen molar-refractivity contribution < 1.29 is 9.52 Å². The highest BCUT2D eigenvalue weighted by molar-refractivity contribution is 5.05. The summed E-state index contributed by atoms with van der Waals surface area (Å²) >= 11 is 0. The van der Waals surface area contributed by atoms with Crippen molar-refractivity contribution in [1.82, 2.24) is 9.88 Å². The first-order chi connectivity index (χ1) is 9.06. The van der Waals surface area contributed by atoms with E-state index in [9.17, 15) is 5.11 Å². The highest BCUT2D eigenvalue weighted by Crippen LogP contribution is 2.23. The van der Waals surface area contributed by atoms with Crippen LogP contribution in [0.2, 0.25) is 0 Å². The van der Waals surface area contributed by atoms with E-state index in [4.69, 9.17) is 4.42 Å². The minimum atomic E-state index is -0.237. The van der Waals surface area contributed by atoms with Crippen LogP contribution in [-0.4, -0.2) is 33.7 Å². The zero-order chi connectivity index (χ0) is 13.8. The lowest BCUT2D eigenvalue weighted by molar-refractivity contribution is 0.102. The summed E-state index contributed by atoms with van der Waals surface area (Å²) in [5.41, 5.74) is 0.983. The van der Waals surface area contributed by atoms with Gasteiger partial charge in [0.25, 0.3) is 0 Å². The molecule has 108 valence electrons. The van der Waals surface area contributed by atoms with Gasteiger partial charge in [-0.3, -0.25) is 4.90 Å². The van der Waals surface area contributed by atoms with E-state index in [-0.39, 0.29) is 6.10 Å². The van der Waals surface area contributed by atoms with Crippen molar-refractivity contribution in [3.05, 3.63) is 17.3 Å². The van der Waals surface area contributed by atoms with Crippen LogP contribution in [0.4, 0.5) is 0 Å². The Hall–Kier alpha value is -0.870. The molecule has 1 aliphatic heterocycles. The summed E-state index contributed by atoms with van der Waals surface area (Å²) in [5, 5.41) is 9.66. The molecule has 2 unspecified atom stereocenters. The first-order valence-corrected chi connectivity index (χ1v) is 7.41. The highest BCUT2D eigenvalue weighted by atomic mass is 16.4. The van der Waals surface area contributed by atoms with Crippen molar-refractivity contribution in [2.24, 2.45) is 0 Å². The van der Waals surface area contributed by atoms with Crippen LogP contribution in [0, 0.1) is 13.8 Å². The number of aliphatic hydroxyl groups is 1. The van der Waals surface area contributed by atoms with Crippen LogP contribution in [0.25, 0.3) is 0 Å². The molecule has 1 fully saturated rings. The molecule has 1 saturated heterocycles. The average Bonchev–Trinajstić information content (AvgIpc) is 2.52. The fraction of sp³-hybridized carbons (Fsp3) is 0.800. The van der Waals surface area contributed by atoms with Crippen molar-refractivity contribution in [1.29, 1.82) is 0 Å². The number of aromatic nitrogens is 1. The zero-order valence-corrected chi connectivity index (χ0v) is 12.4. The number of rotatable bonds is 4. The second-order valence-electron chi connectivity index (χ2n) is 5.81. The molecule has 4 nitrogen and oxygen atoms in total. The predicted octanol–water partition coefficient (Wildman–Crippen LogP) is 2.81. The maximum Gasteiger partial charge on any atom is 0.208 e. The first kappa shape index (κ1) is 14.5. The number of oxazole rings is 1. The van der Waals surface area contributed by atoms with Crippen molar-refractivity contribution in [3.63, 3.8) is 0 Å². The lowest BCUT2D eigenvalue weighted by Crippen LogP contribution is -2.36. The van der Waals surface area contributed by atoms with E-state index in [1.54, 1.807) is 0 Å². The van der Waals surface area contributed by atoms with E-state index in [1.807, 2.05) is 20.8 Å².